The Morgan fingerprint density at radius 2 is 2.08 bits per heavy atom. The van der Waals surface area contributed by atoms with Crippen molar-refractivity contribution in [2.45, 2.75) is 6.04 Å². The molecule has 1 aliphatic heterocycles. The summed E-state index contributed by atoms with van der Waals surface area (Å²) in [5.41, 5.74) is 1.01. The molecule has 1 amide bonds. The van der Waals surface area contributed by atoms with Crippen LogP contribution in [0.3, 0.4) is 0 Å². The van der Waals surface area contributed by atoms with Gasteiger partial charge in [-0.1, -0.05) is 23.7 Å². The highest BCUT2D eigenvalue weighted by atomic mass is 35.5. The second kappa shape index (κ2) is 3.26. The molecule has 68 valence electrons. The molecule has 1 N–H and O–H groups in total. The van der Waals surface area contributed by atoms with Crippen molar-refractivity contribution >= 4 is 17.7 Å². The van der Waals surface area contributed by atoms with E-state index in [0.29, 0.717) is 11.6 Å². The molecule has 3 nitrogen and oxygen atoms in total. The number of nitrogens with one attached hydrogen (secondary N) is 1. The van der Waals surface area contributed by atoms with Crippen LogP contribution in [-0.2, 0) is 4.74 Å². The molecule has 1 heterocycles. The minimum absolute atomic E-state index is 0.0373. The van der Waals surface area contributed by atoms with E-state index in [1.54, 1.807) is 12.1 Å². The van der Waals surface area contributed by atoms with Gasteiger partial charge in [-0.3, -0.25) is 0 Å². The predicted octanol–water partition coefficient (Wildman–Crippen LogP) is 2.12. The van der Waals surface area contributed by atoms with Crippen LogP contribution in [0.1, 0.15) is 11.6 Å². The van der Waals surface area contributed by atoms with Crippen LogP contribution in [0.5, 0.6) is 0 Å². The number of ether oxygens (including phenoxy) is 1. The second-order valence-corrected chi connectivity index (χ2v) is 3.28. The van der Waals surface area contributed by atoms with E-state index in [-0.39, 0.29) is 12.1 Å². The Bertz CT molecular complexity index is 323. The summed E-state index contributed by atoms with van der Waals surface area (Å²) in [6, 6.07) is 7.30. The van der Waals surface area contributed by atoms with Gasteiger partial charge in [0.15, 0.2) is 0 Å². The lowest BCUT2D eigenvalue weighted by atomic mass is 10.1. The Hall–Kier alpha value is -1.22. The molecule has 1 aromatic carbocycles. The van der Waals surface area contributed by atoms with Crippen molar-refractivity contribution in [1.82, 2.24) is 5.32 Å². The van der Waals surface area contributed by atoms with E-state index in [4.69, 9.17) is 16.3 Å². The van der Waals surface area contributed by atoms with Gasteiger partial charge >= 0.3 is 6.09 Å². The van der Waals surface area contributed by atoms with E-state index in [2.05, 4.69) is 5.32 Å². The van der Waals surface area contributed by atoms with Crippen molar-refractivity contribution in [3.63, 3.8) is 0 Å². The van der Waals surface area contributed by atoms with E-state index >= 15 is 0 Å². The van der Waals surface area contributed by atoms with Crippen molar-refractivity contribution in [1.29, 1.82) is 0 Å². The number of hydrogen-bond acceptors (Lipinski definition) is 2. The van der Waals surface area contributed by atoms with E-state index in [1.165, 1.54) is 0 Å². The maximum atomic E-state index is 10.7. The third-order valence-corrected chi connectivity index (χ3v) is 2.20. The largest absolute Gasteiger partial charge is 0.447 e. The average Bonchev–Trinajstić information content (AvgIpc) is 2.53. The zero-order chi connectivity index (χ0) is 9.26. The third kappa shape index (κ3) is 1.75. The molecule has 0 saturated carbocycles. The van der Waals surface area contributed by atoms with Crippen molar-refractivity contribution in [3.05, 3.63) is 34.9 Å². The van der Waals surface area contributed by atoms with Gasteiger partial charge in [-0.15, -0.1) is 0 Å². The topological polar surface area (TPSA) is 38.3 Å². The van der Waals surface area contributed by atoms with Crippen LogP contribution in [0.25, 0.3) is 0 Å². The SMILES string of the molecule is O=C1N[C@@H](c2ccc(Cl)cc2)CO1. The minimum atomic E-state index is -0.361. The molecule has 13 heavy (non-hydrogen) atoms. The van der Waals surface area contributed by atoms with Crippen LogP contribution in [-0.4, -0.2) is 12.7 Å². The fourth-order valence-electron chi connectivity index (χ4n) is 1.26. The number of carbonyl (C=O) groups excluding carboxylic acids is 1. The van der Waals surface area contributed by atoms with E-state index < -0.39 is 0 Å². The van der Waals surface area contributed by atoms with Gasteiger partial charge in [0.2, 0.25) is 0 Å². The summed E-state index contributed by atoms with van der Waals surface area (Å²) in [6.07, 6.45) is -0.361. The lowest BCUT2D eigenvalue weighted by Gasteiger charge is -2.06. The molecule has 1 fully saturated rings. The maximum absolute atomic E-state index is 10.7. The summed E-state index contributed by atoms with van der Waals surface area (Å²) < 4.78 is 4.77. The summed E-state index contributed by atoms with van der Waals surface area (Å²) in [6.45, 7) is 0.389. The minimum Gasteiger partial charge on any atom is -0.447 e. The first-order valence-corrected chi connectivity index (χ1v) is 4.32. The summed E-state index contributed by atoms with van der Waals surface area (Å²) in [4.78, 5) is 10.7. The highest BCUT2D eigenvalue weighted by Gasteiger charge is 2.23. The maximum Gasteiger partial charge on any atom is 0.407 e. The number of amides is 1. The smallest absolute Gasteiger partial charge is 0.407 e. The standard InChI is InChI=1S/C9H8ClNO2/c10-7-3-1-6(2-4-7)8-5-13-9(12)11-8/h1-4,8H,5H2,(H,11,12)/t8-/m1/s1. The molecule has 0 unspecified atom stereocenters. The van der Waals surface area contributed by atoms with E-state index in [0.717, 1.165) is 5.56 Å². The molecular weight excluding hydrogens is 190 g/mol. The molecule has 1 aliphatic rings. The summed E-state index contributed by atoms with van der Waals surface area (Å²) in [7, 11) is 0. The van der Waals surface area contributed by atoms with Gasteiger partial charge in [0.1, 0.15) is 6.61 Å². The lowest BCUT2D eigenvalue weighted by Crippen LogP contribution is -2.18. The Morgan fingerprint density at radius 3 is 2.62 bits per heavy atom. The fraction of sp³-hybridized carbons (Fsp3) is 0.222. The van der Waals surface area contributed by atoms with Gasteiger partial charge in [0.25, 0.3) is 0 Å². The predicted molar refractivity (Wildman–Crippen MR) is 48.7 cm³/mol. The van der Waals surface area contributed by atoms with Gasteiger partial charge < -0.3 is 10.1 Å². The fourth-order valence-corrected chi connectivity index (χ4v) is 1.39. The molecule has 0 aliphatic carbocycles. The van der Waals surface area contributed by atoms with Crippen LogP contribution in [0.2, 0.25) is 5.02 Å². The van der Waals surface area contributed by atoms with E-state index in [9.17, 15) is 4.79 Å². The van der Waals surface area contributed by atoms with Crippen molar-refractivity contribution in [2.24, 2.45) is 0 Å². The number of alkyl carbamates (subject to hydrolysis) is 1. The van der Waals surface area contributed by atoms with Gasteiger partial charge in [0.05, 0.1) is 6.04 Å². The Morgan fingerprint density at radius 1 is 1.38 bits per heavy atom. The first-order valence-electron chi connectivity index (χ1n) is 3.94. The Balaban J connectivity index is 2.17. The highest BCUT2D eigenvalue weighted by Crippen LogP contribution is 2.19. The average molecular weight is 198 g/mol. The number of benzene rings is 1. The van der Waals surface area contributed by atoms with Gasteiger partial charge in [-0.2, -0.15) is 0 Å². The van der Waals surface area contributed by atoms with Crippen LogP contribution in [0.15, 0.2) is 24.3 Å². The molecule has 2 rings (SSSR count). The molecule has 4 heteroatoms. The van der Waals surface area contributed by atoms with Crippen LogP contribution in [0.4, 0.5) is 4.79 Å². The Kier molecular flexibility index (Phi) is 2.10. The Labute approximate surface area is 80.6 Å². The quantitative estimate of drug-likeness (QED) is 0.749. The number of halogens is 1. The normalized spacial score (nSPS) is 21.0. The number of rotatable bonds is 1. The molecule has 0 bridgehead atoms. The van der Waals surface area contributed by atoms with Crippen LogP contribution < -0.4 is 5.32 Å². The van der Waals surface area contributed by atoms with Crippen molar-refractivity contribution < 1.29 is 9.53 Å². The summed E-state index contributed by atoms with van der Waals surface area (Å²) in [5, 5.41) is 3.37. The lowest BCUT2D eigenvalue weighted by molar-refractivity contribution is 0.177. The van der Waals surface area contributed by atoms with Crippen molar-refractivity contribution in [2.75, 3.05) is 6.61 Å². The van der Waals surface area contributed by atoms with Gasteiger partial charge in [-0.05, 0) is 17.7 Å². The molecular formula is C9H8ClNO2. The summed E-state index contributed by atoms with van der Waals surface area (Å²) in [5.74, 6) is 0. The number of hydrogen-bond donors (Lipinski definition) is 1. The van der Waals surface area contributed by atoms with E-state index in [1.807, 2.05) is 12.1 Å². The number of carbonyl (C=O) groups is 1. The van der Waals surface area contributed by atoms with Crippen LogP contribution >= 0.6 is 11.6 Å². The zero-order valence-electron chi connectivity index (χ0n) is 6.79. The molecule has 1 atom stereocenters. The zero-order valence-corrected chi connectivity index (χ0v) is 7.54. The molecule has 1 aromatic rings. The molecule has 0 aromatic heterocycles. The third-order valence-electron chi connectivity index (χ3n) is 1.95. The monoisotopic (exact) mass is 197 g/mol. The summed E-state index contributed by atoms with van der Waals surface area (Å²) >= 11 is 5.73. The molecule has 0 spiro atoms. The second-order valence-electron chi connectivity index (χ2n) is 2.85. The molecule has 1 saturated heterocycles. The van der Waals surface area contributed by atoms with Crippen molar-refractivity contribution in [3.8, 4) is 0 Å². The van der Waals surface area contributed by atoms with Gasteiger partial charge in [-0.25, -0.2) is 4.79 Å². The van der Waals surface area contributed by atoms with Gasteiger partial charge in [0, 0.05) is 5.02 Å². The van der Waals surface area contributed by atoms with Crippen LogP contribution in [0, 0.1) is 0 Å². The molecule has 0 radical (unpaired) electrons. The highest BCUT2D eigenvalue weighted by molar-refractivity contribution is 6.30. The first-order chi connectivity index (χ1) is 6.25. The number of cyclic esters (lactones) is 1. The first kappa shape index (κ1) is 8.38.